The highest BCUT2D eigenvalue weighted by Crippen LogP contribution is 2.38. The summed E-state index contributed by atoms with van der Waals surface area (Å²) in [4.78, 5) is 14.7. The number of nitrogens with zero attached hydrogens (tertiary/aromatic N) is 1. The predicted octanol–water partition coefficient (Wildman–Crippen LogP) is 4.02. The van der Waals surface area contributed by atoms with E-state index in [2.05, 4.69) is 0 Å². The first-order chi connectivity index (χ1) is 9.06. The lowest BCUT2D eigenvalue weighted by Gasteiger charge is -2.37. The monoisotopic (exact) mass is 297 g/mol. The molecule has 2 fully saturated rings. The molecule has 2 saturated heterocycles. The topological polar surface area (TPSA) is 20.3 Å². The minimum Gasteiger partial charge on any atom is -0.333 e. The maximum Gasteiger partial charge on any atom is 0.254 e. The molecule has 1 amide bonds. The molecule has 2 bridgehead atoms. The van der Waals surface area contributed by atoms with Gasteiger partial charge >= 0.3 is 0 Å². The fourth-order valence-electron chi connectivity index (χ4n) is 3.32. The van der Waals surface area contributed by atoms with Gasteiger partial charge in [0.25, 0.3) is 5.91 Å². The Balaban J connectivity index is 1.86. The summed E-state index contributed by atoms with van der Waals surface area (Å²) >= 11 is 12.4. The van der Waals surface area contributed by atoms with E-state index in [1.165, 1.54) is 0 Å². The van der Waals surface area contributed by atoms with Crippen LogP contribution in [-0.4, -0.2) is 28.3 Å². The highest BCUT2D eigenvalue weighted by Gasteiger charge is 2.42. The first-order valence-electron chi connectivity index (χ1n) is 6.79. The second-order valence-corrected chi connectivity index (χ2v) is 6.65. The number of halogens is 2. The second kappa shape index (κ2) is 4.99. The Labute approximate surface area is 123 Å². The third-order valence-electron chi connectivity index (χ3n) is 4.33. The molecule has 2 unspecified atom stereocenters. The van der Waals surface area contributed by atoms with Crippen molar-refractivity contribution < 1.29 is 4.79 Å². The third kappa shape index (κ3) is 2.36. The van der Waals surface area contributed by atoms with Crippen LogP contribution in [0.3, 0.4) is 0 Å². The van der Waals surface area contributed by atoms with E-state index in [1.54, 1.807) is 6.07 Å². The molecule has 2 aliphatic heterocycles. The van der Waals surface area contributed by atoms with E-state index in [0.29, 0.717) is 22.7 Å². The summed E-state index contributed by atoms with van der Waals surface area (Å²) in [6, 6.07) is 6.19. The van der Waals surface area contributed by atoms with Gasteiger partial charge < -0.3 is 4.90 Å². The summed E-state index contributed by atoms with van der Waals surface area (Å²) in [5.74, 6) is 0.109. The van der Waals surface area contributed by atoms with Crippen LogP contribution in [-0.2, 0) is 0 Å². The van der Waals surface area contributed by atoms with Gasteiger partial charge in [0.1, 0.15) is 0 Å². The van der Waals surface area contributed by atoms with E-state index in [1.807, 2.05) is 24.0 Å². The molecule has 2 aliphatic rings. The number of carbonyl (C=O) groups is 1. The van der Waals surface area contributed by atoms with Gasteiger partial charge in [0.15, 0.2) is 0 Å². The van der Waals surface area contributed by atoms with Gasteiger partial charge in [-0.2, -0.15) is 0 Å². The van der Waals surface area contributed by atoms with E-state index in [-0.39, 0.29) is 11.3 Å². The summed E-state index contributed by atoms with van der Waals surface area (Å²) in [5.41, 5.74) is 1.70. The minimum absolute atomic E-state index is 0.109. The molecule has 0 aliphatic carbocycles. The molecule has 0 aromatic heterocycles. The highest BCUT2D eigenvalue weighted by atomic mass is 35.5. The van der Waals surface area contributed by atoms with Crippen molar-refractivity contribution >= 4 is 29.1 Å². The van der Waals surface area contributed by atoms with Gasteiger partial charge in [-0.15, -0.1) is 11.6 Å². The Bertz CT molecular complexity index is 503. The average Bonchev–Trinajstić information content (AvgIpc) is 2.64. The van der Waals surface area contributed by atoms with Crippen LogP contribution in [0, 0.1) is 6.92 Å². The van der Waals surface area contributed by atoms with Crippen LogP contribution in [0.1, 0.15) is 41.6 Å². The van der Waals surface area contributed by atoms with Crippen molar-refractivity contribution in [1.82, 2.24) is 4.90 Å². The summed E-state index contributed by atoms with van der Waals surface area (Å²) in [7, 11) is 0. The molecule has 3 rings (SSSR count). The van der Waals surface area contributed by atoms with Gasteiger partial charge in [0.2, 0.25) is 0 Å². The van der Waals surface area contributed by atoms with Crippen molar-refractivity contribution in [2.75, 3.05) is 0 Å². The zero-order chi connectivity index (χ0) is 13.6. The van der Waals surface area contributed by atoms with Gasteiger partial charge in [-0.25, -0.2) is 0 Å². The fourth-order valence-corrected chi connectivity index (χ4v) is 3.91. The third-order valence-corrected chi connectivity index (χ3v) is 5.09. The molecule has 0 spiro atoms. The lowest BCUT2D eigenvalue weighted by molar-refractivity contribution is 0.0599. The summed E-state index contributed by atoms with van der Waals surface area (Å²) in [6.45, 7) is 1.94. The van der Waals surface area contributed by atoms with Crippen LogP contribution in [0.2, 0.25) is 5.02 Å². The molecule has 0 saturated carbocycles. The average molecular weight is 298 g/mol. The van der Waals surface area contributed by atoms with Gasteiger partial charge in [-0.1, -0.05) is 17.7 Å². The number of fused-ring (bicyclic) bond motifs is 2. The molecule has 1 aromatic carbocycles. The Morgan fingerprint density at radius 3 is 2.47 bits per heavy atom. The van der Waals surface area contributed by atoms with Crippen molar-refractivity contribution in [3.05, 3.63) is 34.3 Å². The first kappa shape index (κ1) is 13.3. The molecular weight excluding hydrogens is 281 g/mol. The fraction of sp³-hybridized carbons (Fsp3) is 0.533. The van der Waals surface area contributed by atoms with Crippen molar-refractivity contribution in [3.8, 4) is 0 Å². The van der Waals surface area contributed by atoms with E-state index in [0.717, 1.165) is 31.2 Å². The van der Waals surface area contributed by atoms with Crippen LogP contribution in [0.4, 0.5) is 0 Å². The zero-order valence-electron chi connectivity index (χ0n) is 10.9. The first-order valence-corrected chi connectivity index (χ1v) is 7.60. The number of amides is 1. The molecule has 2 heterocycles. The van der Waals surface area contributed by atoms with E-state index >= 15 is 0 Å². The van der Waals surface area contributed by atoms with Crippen molar-refractivity contribution in [3.63, 3.8) is 0 Å². The molecule has 0 N–H and O–H groups in total. The van der Waals surface area contributed by atoms with Crippen molar-refractivity contribution in [2.24, 2.45) is 0 Å². The number of hydrogen-bond acceptors (Lipinski definition) is 1. The minimum atomic E-state index is 0.109. The van der Waals surface area contributed by atoms with E-state index < -0.39 is 0 Å². The lowest BCUT2D eigenvalue weighted by Crippen LogP contribution is -2.46. The van der Waals surface area contributed by atoms with Gasteiger partial charge in [0.05, 0.1) is 0 Å². The zero-order valence-corrected chi connectivity index (χ0v) is 12.4. The van der Waals surface area contributed by atoms with Crippen LogP contribution >= 0.6 is 23.2 Å². The van der Waals surface area contributed by atoms with Gasteiger partial charge in [0, 0.05) is 28.0 Å². The number of hydrogen-bond donors (Lipinski definition) is 0. The molecule has 4 heteroatoms. The Hall–Kier alpha value is -0.730. The summed E-state index contributed by atoms with van der Waals surface area (Å²) in [5, 5.41) is 0.883. The Morgan fingerprint density at radius 1 is 1.26 bits per heavy atom. The predicted molar refractivity (Wildman–Crippen MR) is 78.0 cm³/mol. The molecule has 2 nitrogen and oxygen atoms in total. The molecular formula is C15H17Cl2NO. The van der Waals surface area contributed by atoms with Crippen molar-refractivity contribution in [2.45, 2.75) is 50.1 Å². The van der Waals surface area contributed by atoms with E-state index in [4.69, 9.17) is 23.2 Å². The number of aryl methyl sites for hydroxylation is 1. The molecule has 1 aromatic rings. The maximum absolute atomic E-state index is 12.7. The SMILES string of the molecule is Cc1ccc(C(=O)N2C3CCC2CC(Cl)C3)cc1Cl. The standard InChI is InChI=1S/C15H17Cl2NO/c1-9-2-3-10(6-14(9)17)15(19)18-12-4-5-13(18)8-11(16)7-12/h2-3,6,11-13H,4-5,7-8H2,1H3. The molecule has 2 atom stereocenters. The highest BCUT2D eigenvalue weighted by molar-refractivity contribution is 6.31. The number of rotatable bonds is 1. The van der Waals surface area contributed by atoms with Crippen LogP contribution in [0.15, 0.2) is 18.2 Å². The van der Waals surface area contributed by atoms with Crippen LogP contribution in [0.5, 0.6) is 0 Å². The number of alkyl halides is 1. The number of carbonyl (C=O) groups excluding carboxylic acids is 1. The van der Waals surface area contributed by atoms with Crippen molar-refractivity contribution in [1.29, 1.82) is 0 Å². The van der Waals surface area contributed by atoms with E-state index in [9.17, 15) is 4.79 Å². The normalized spacial score (nSPS) is 29.6. The number of piperidine rings is 1. The van der Waals surface area contributed by atoms with Gasteiger partial charge in [-0.3, -0.25) is 4.79 Å². The number of benzene rings is 1. The Kier molecular flexibility index (Phi) is 3.48. The lowest BCUT2D eigenvalue weighted by atomic mass is 10.0. The summed E-state index contributed by atoms with van der Waals surface area (Å²) in [6.07, 6.45) is 4.01. The van der Waals surface area contributed by atoms with Gasteiger partial charge in [-0.05, 0) is 50.3 Å². The quantitative estimate of drug-likeness (QED) is 0.717. The molecule has 19 heavy (non-hydrogen) atoms. The Morgan fingerprint density at radius 2 is 1.89 bits per heavy atom. The van der Waals surface area contributed by atoms with Crippen LogP contribution < -0.4 is 0 Å². The maximum atomic E-state index is 12.7. The van der Waals surface area contributed by atoms with Crippen LogP contribution in [0.25, 0.3) is 0 Å². The second-order valence-electron chi connectivity index (χ2n) is 5.63. The molecule has 0 radical (unpaired) electrons. The summed E-state index contributed by atoms with van der Waals surface area (Å²) < 4.78 is 0. The largest absolute Gasteiger partial charge is 0.333 e. The smallest absolute Gasteiger partial charge is 0.254 e. The molecule has 102 valence electrons.